The second kappa shape index (κ2) is 1.81. The zero-order valence-electron chi connectivity index (χ0n) is 4.13. The van der Waals surface area contributed by atoms with E-state index in [1.807, 2.05) is 0 Å². The number of ether oxygens (including phenoxy) is 1. The van der Waals surface area contributed by atoms with E-state index in [2.05, 4.69) is 9.89 Å². The average Bonchev–Trinajstić information content (AvgIpc) is 2.14. The number of rotatable bonds is 0. The SMILES string of the molecule is O=C1OCC/C1=N\O. The molecule has 4 heteroatoms. The van der Waals surface area contributed by atoms with Crippen molar-refractivity contribution in [2.75, 3.05) is 6.61 Å². The van der Waals surface area contributed by atoms with E-state index in [1.54, 1.807) is 0 Å². The van der Waals surface area contributed by atoms with E-state index in [9.17, 15) is 4.79 Å². The van der Waals surface area contributed by atoms with Crippen molar-refractivity contribution in [3.63, 3.8) is 0 Å². The molecule has 0 aromatic rings. The van der Waals surface area contributed by atoms with E-state index in [1.165, 1.54) is 0 Å². The van der Waals surface area contributed by atoms with Crippen molar-refractivity contribution in [2.45, 2.75) is 6.42 Å². The van der Waals surface area contributed by atoms with Crippen molar-refractivity contribution < 1.29 is 14.7 Å². The van der Waals surface area contributed by atoms with Gasteiger partial charge in [0.05, 0.1) is 6.61 Å². The van der Waals surface area contributed by atoms with Crippen molar-refractivity contribution in [1.82, 2.24) is 0 Å². The van der Waals surface area contributed by atoms with Crippen LogP contribution in [0.3, 0.4) is 0 Å². The molecule has 4 nitrogen and oxygen atoms in total. The summed E-state index contributed by atoms with van der Waals surface area (Å²) >= 11 is 0. The first-order chi connectivity index (χ1) is 3.84. The van der Waals surface area contributed by atoms with Crippen molar-refractivity contribution in [1.29, 1.82) is 0 Å². The normalized spacial score (nSPS) is 24.0. The van der Waals surface area contributed by atoms with Gasteiger partial charge in [-0.15, -0.1) is 0 Å². The number of esters is 1. The summed E-state index contributed by atoms with van der Waals surface area (Å²) in [4.78, 5) is 10.3. The molecule has 1 fully saturated rings. The topological polar surface area (TPSA) is 58.9 Å². The Balaban J connectivity index is 2.69. The molecule has 0 amide bonds. The molecule has 0 unspecified atom stereocenters. The van der Waals surface area contributed by atoms with Gasteiger partial charge in [0, 0.05) is 6.42 Å². The van der Waals surface area contributed by atoms with Crippen molar-refractivity contribution in [3.8, 4) is 0 Å². The van der Waals surface area contributed by atoms with Crippen molar-refractivity contribution >= 4 is 11.7 Å². The van der Waals surface area contributed by atoms with Crippen LogP contribution < -0.4 is 0 Å². The maximum absolute atomic E-state index is 10.3. The second-order valence-corrected chi connectivity index (χ2v) is 1.43. The Morgan fingerprint density at radius 2 is 2.50 bits per heavy atom. The number of oxime groups is 1. The standard InChI is InChI=1S/C4H5NO3/c6-4-3(5-7)1-2-8-4/h7H,1-2H2/b5-3+. The molecule has 0 aliphatic carbocycles. The summed E-state index contributed by atoms with van der Waals surface area (Å²) in [5.74, 6) is -0.507. The summed E-state index contributed by atoms with van der Waals surface area (Å²) in [6.45, 7) is 0.345. The summed E-state index contributed by atoms with van der Waals surface area (Å²) in [7, 11) is 0. The summed E-state index contributed by atoms with van der Waals surface area (Å²) in [6, 6.07) is 0. The second-order valence-electron chi connectivity index (χ2n) is 1.43. The summed E-state index contributed by atoms with van der Waals surface area (Å²) < 4.78 is 4.43. The maximum atomic E-state index is 10.3. The molecule has 8 heavy (non-hydrogen) atoms. The van der Waals surface area contributed by atoms with Crippen molar-refractivity contribution in [2.24, 2.45) is 5.16 Å². The highest BCUT2D eigenvalue weighted by atomic mass is 16.5. The molecule has 1 heterocycles. The first-order valence-electron chi connectivity index (χ1n) is 2.22. The summed E-state index contributed by atoms with van der Waals surface area (Å²) in [6.07, 6.45) is 0.426. The molecule has 0 bridgehead atoms. The van der Waals surface area contributed by atoms with E-state index >= 15 is 0 Å². The third kappa shape index (κ3) is 0.641. The van der Waals surface area contributed by atoms with Crippen LogP contribution in [0.4, 0.5) is 0 Å². The van der Waals surface area contributed by atoms with Gasteiger partial charge in [0.15, 0.2) is 5.71 Å². The quantitative estimate of drug-likeness (QED) is 0.269. The van der Waals surface area contributed by atoms with Crippen LogP contribution in [-0.2, 0) is 9.53 Å². The summed E-state index contributed by atoms with van der Waals surface area (Å²) in [5.41, 5.74) is 0.116. The van der Waals surface area contributed by atoms with Gasteiger partial charge in [0.25, 0.3) is 0 Å². The zero-order chi connectivity index (χ0) is 5.98. The van der Waals surface area contributed by atoms with Crippen LogP contribution in [0.2, 0.25) is 0 Å². The minimum absolute atomic E-state index is 0.116. The van der Waals surface area contributed by atoms with Gasteiger partial charge >= 0.3 is 5.97 Å². The van der Waals surface area contributed by atoms with Crippen LogP contribution in [0.5, 0.6) is 0 Å². The number of hydrogen-bond donors (Lipinski definition) is 1. The Morgan fingerprint density at radius 1 is 1.75 bits per heavy atom. The molecule has 1 aliphatic heterocycles. The van der Waals surface area contributed by atoms with Crippen LogP contribution in [0.1, 0.15) is 6.42 Å². The number of carbonyl (C=O) groups is 1. The first-order valence-corrected chi connectivity index (χ1v) is 2.22. The Kier molecular flexibility index (Phi) is 1.15. The minimum Gasteiger partial charge on any atom is -0.461 e. The van der Waals surface area contributed by atoms with Crippen LogP contribution in [0.25, 0.3) is 0 Å². The van der Waals surface area contributed by atoms with Gasteiger partial charge in [-0.05, 0) is 0 Å². The van der Waals surface area contributed by atoms with Gasteiger partial charge < -0.3 is 9.94 Å². The number of nitrogens with zero attached hydrogens (tertiary/aromatic N) is 1. The first kappa shape index (κ1) is 5.08. The molecule has 1 N–H and O–H groups in total. The average molecular weight is 115 g/mol. The Hall–Kier alpha value is -1.06. The fourth-order valence-electron chi connectivity index (χ4n) is 0.517. The Bertz CT molecular complexity index is 140. The largest absolute Gasteiger partial charge is 0.461 e. The van der Waals surface area contributed by atoms with Gasteiger partial charge in [-0.2, -0.15) is 0 Å². The van der Waals surface area contributed by atoms with E-state index in [0.29, 0.717) is 13.0 Å². The molecule has 0 saturated carbocycles. The van der Waals surface area contributed by atoms with Crippen LogP contribution in [-0.4, -0.2) is 23.5 Å². The number of cyclic esters (lactones) is 1. The predicted octanol–water partition coefficient (Wildman–Crippen LogP) is -0.236. The van der Waals surface area contributed by atoms with Crippen LogP contribution in [0.15, 0.2) is 5.16 Å². The van der Waals surface area contributed by atoms with Crippen LogP contribution in [0, 0.1) is 0 Å². The molecule has 1 saturated heterocycles. The lowest BCUT2D eigenvalue weighted by Crippen LogP contribution is -2.04. The minimum atomic E-state index is -0.507. The molecule has 1 rings (SSSR count). The molecule has 44 valence electrons. The third-order valence-corrected chi connectivity index (χ3v) is 0.928. The summed E-state index contributed by atoms with van der Waals surface area (Å²) in [5, 5.41) is 10.7. The molecule has 0 spiro atoms. The number of carbonyl (C=O) groups excluding carboxylic acids is 1. The fraction of sp³-hybridized carbons (Fsp3) is 0.500. The van der Waals surface area contributed by atoms with Crippen LogP contribution >= 0.6 is 0 Å². The van der Waals surface area contributed by atoms with E-state index in [-0.39, 0.29) is 5.71 Å². The number of hydrogen-bond acceptors (Lipinski definition) is 4. The Morgan fingerprint density at radius 3 is 2.75 bits per heavy atom. The molecule has 0 atom stereocenters. The molecular formula is C4H5NO3. The molecule has 0 radical (unpaired) electrons. The lowest BCUT2D eigenvalue weighted by molar-refractivity contribution is -0.132. The maximum Gasteiger partial charge on any atom is 0.356 e. The smallest absolute Gasteiger partial charge is 0.356 e. The Labute approximate surface area is 45.7 Å². The molecule has 0 aromatic carbocycles. The highest BCUT2D eigenvalue weighted by molar-refractivity contribution is 6.37. The molecule has 1 aliphatic rings. The third-order valence-electron chi connectivity index (χ3n) is 0.928. The van der Waals surface area contributed by atoms with Gasteiger partial charge in [-0.3, -0.25) is 0 Å². The molecular weight excluding hydrogens is 110 g/mol. The highest BCUT2D eigenvalue weighted by Gasteiger charge is 2.20. The van der Waals surface area contributed by atoms with E-state index in [4.69, 9.17) is 5.21 Å². The van der Waals surface area contributed by atoms with E-state index < -0.39 is 5.97 Å². The van der Waals surface area contributed by atoms with Gasteiger partial charge in [0.1, 0.15) is 0 Å². The lowest BCUT2D eigenvalue weighted by Gasteiger charge is -1.82. The van der Waals surface area contributed by atoms with Gasteiger partial charge in [0.2, 0.25) is 0 Å². The molecule has 0 aromatic heterocycles. The van der Waals surface area contributed by atoms with E-state index in [0.717, 1.165) is 0 Å². The monoisotopic (exact) mass is 115 g/mol. The highest BCUT2D eigenvalue weighted by Crippen LogP contribution is 1.99. The van der Waals surface area contributed by atoms with Gasteiger partial charge in [-0.1, -0.05) is 5.16 Å². The fourth-order valence-corrected chi connectivity index (χ4v) is 0.517. The van der Waals surface area contributed by atoms with Gasteiger partial charge in [-0.25, -0.2) is 4.79 Å². The zero-order valence-corrected chi connectivity index (χ0v) is 4.13. The predicted molar refractivity (Wildman–Crippen MR) is 24.8 cm³/mol. The van der Waals surface area contributed by atoms with Crippen molar-refractivity contribution in [3.05, 3.63) is 0 Å². The lowest BCUT2D eigenvalue weighted by atomic mass is 10.3.